The molecule has 3 aromatic carbocycles. The van der Waals surface area contributed by atoms with Crippen molar-refractivity contribution in [3.05, 3.63) is 59.2 Å². The van der Waals surface area contributed by atoms with Crippen LogP contribution in [0.15, 0.2) is 47.5 Å². The maximum Gasteiger partial charge on any atom is 0.228 e. The summed E-state index contributed by atoms with van der Waals surface area (Å²) in [5.74, 6) is 1.01. The molecule has 0 fully saturated rings. The molecule has 4 aliphatic rings. The standard InChI is InChI=1S/C28H29N3O/c1-27(2)22-14-18-8-4-5-9-19(18)16-24(22)30(3)28(27)17-29-23-15-20-10-6-12-31-13-7-11-21(25(20)31)26(23)32-28/h4-5,8-9,14-17H,6-7,10-13H2,1-3H3. The van der Waals surface area contributed by atoms with Crippen LogP contribution in [0, 0.1) is 0 Å². The van der Waals surface area contributed by atoms with Gasteiger partial charge < -0.3 is 14.5 Å². The third-order valence-corrected chi connectivity index (χ3v) is 8.38. The van der Waals surface area contributed by atoms with Crippen LogP contribution in [-0.4, -0.2) is 32.1 Å². The van der Waals surface area contributed by atoms with Crippen molar-refractivity contribution < 1.29 is 4.74 Å². The van der Waals surface area contributed by atoms with E-state index in [2.05, 4.69) is 79.4 Å². The van der Waals surface area contributed by atoms with E-state index in [1.807, 2.05) is 0 Å². The lowest BCUT2D eigenvalue weighted by Crippen LogP contribution is -2.61. The number of ether oxygens (including phenoxy) is 1. The Hall–Kier alpha value is -3.01. The minimum Gasteiger partial charge on any atom is -0.459 e. The first kappa shape index (κ1) is 18.6. The van der Waals surface area contributed by atoms with E-state index < -0.39 is 5.72 Å². The number of rotatable bonds is 0. The van der Waals surface area contributed by atoms with Crippen LogP contribution in [0.3, 0.4) is 0 Å². The van der Waals surface area contributed by atoms with Crippen LogP contribution in [0.1, 0.15) is 43.4 Å². The van der Waals surface area contributed by atoms with E-state index >= 15 is 0 Å². The highest BCUT2D eigenvalue weighted by molar-refractivity contribution is 5.95. The average Bonchev–Trinajstić information content (AvgIpc) is 2.96. The molecule has 1 atom stereocenters. The number of hydrogen-bond acceptors (Lipinski definition) is 4. The molecule has 4 nitrogen and oxygen atoms in total. The maximum atomic E-state index is 7.14. The van der Waals surface area contributed by atoms with Crippen LogP contribution in [0.25, 0.3) is 10.8 Å². The summed E-state index contributed by atoms with van der Waals surface area (Å²) in [6, 6.07) is 15.6. The van der Waals surface area contributed by atoms with Gasteiger partial charge in [-0.1, -0.05) is 24.3 Å². The summed E-state index contributed by atoms with van der Waals surface area (Å²) >= 11 is 0. The van der Waals surface area contributed by atoms with Crippen molar-refractivity contribution in [3.63, 3.8) is 0 Å². The van der Waals surface area contributed by atoms with Crippen LogP contribution in [0.2, 0.25) is 0 Å². The highest BCUT2D eigenvalue weighted by Gasteiger charge is 2.59. The van der Waals surface area contributed by atoms with Crippen molar-refractivity contribution >= 4 is 34.0 Å². The van der Waals surface area contributed by atoms with Gasteiger partial charge in [0.15, 0.2) is 5.75 Å². The molecule has 4 heterocycles. The Kier molecular flexibility index (Phi) is 3.51. The van der Waals surface area contributed by atoms with Crippen LogP contribution >= 0.6 is 0 Å². The highest BCUT2D eigenvalue weighted by Crippen LogP contribution is 2.56. The summed E-state index contributed by atoms with van der Waals surface area (Å²) in [5, 5.41) is 2.54. The first-order chi connectivity index (χ1) is 15.5. The molecule has 0 aliphatic carbocycles. The fraction of sp³-hybridized carbons (Fsp3) is 0.393. The van der Waals surface area contributed by atoms with Gasteiger partial charge in [0.25, 0.3) is 0 Å². The number of fused-ring (bicyclic) bond motifs is 4. The number of likely N-dealkylation sites (N-methyl/N-ethyl adjacent to an activating group) is 1. The van der Waals surface area contributed by atoms with Crippen LogP contribution in [0.5, 0.6) is 5.75 Å². The fourth-order valence-electron chi connectivity index (χ4n) is 6.60. The molecule has 3 aromatic rings. The molecule has 0 N–H and O–H groups in total. The van der Waals surface area contributed by atoms with Gasteiger partial charge in [-0.2, -0.15) is 0 Å². The summed E-state index contributed by atoms with van der Waals surface area (Å²) in [7, 11) is 2.16. The summed E-state index contributed by atoms with van der Waals surface area (Å²) in [6.07, 6.45) is 6.72. The smallest absolute Gasteiger partial charge is 0.228 e. The minimum absolute atomic E-state index is 0.251. The normalized spacial score (nSPS) is 24.3. The average molecular weight is 424 g/mol. The van der Waals surface area contributed by atoms with Gasteiger partial charge in [-0.3, -0.25) is 4.99 Å². The van der Waals surface area contributed by atoms with E-state index in [0.29, 0.717) is 0 Å². The molecule has 32 heavy (non-hydrogen) atoms. The van der Waals surface area contributed by atoms with Gasteiger partial charge in [0.1, 0.15) is 5.69 Å². The van der Waals surface area contributed by atoms with E-state index in [-0.39, 0.29) is 5.41 Å². The number of benzene rings is 3. The van der Waals surface area contributed by atoms with Crippen LogP contribution < -0.4 is 14.5 Å². The summed E-state index contributed by atoms with van der Waals surface area (Å²) in [5.41, 5.74) is 6.95. The zero-order chi connectivity index (χ0) is 21.7. The van der Waals surface area contributed by atoms with E-state index in [4.69, 9.17) is 9.73 Å². The molecule has 7 rings (SSSR count). The van der Waals surface area contributed by atoms with E-state index in [9.17, 15) is 0 Å². The molecule has 0 aromatic heterocycles. The van der Waals surface area contributed by atoms with Crippen molar-refractivity contribution in [3.8, 4) is 5.75 Å². The van der Waals surface area contributed by atoms with E-state index in [1.165, 1.54) is 51.7 Å². The molecule has 4 heteroatoms. The number of hydrogen-bond donors (Lipinski definition) is 0. The quantitative estimate of drug-likeness (QED) is 0.460. The third kappa shape index (κ3) is 2.15. The van der Waals surface area contributed by atoms with Gasteiger partial charge >= 0.3 is 0 Å². The molecule has 0 bridgehead atoms. The summed E-state index contributed by atoms with van der Waals surface area (Å²) in [6.45, 7) is 6.93. The van der Waals surface area contributed by atoms with Gasteiger partial charge in [-0.15, -0.1) is 0 Å². The zero-order valence-corrected chi connectivity index (χ0v) is 19.1. The summed E-state index contributed by atoms with van der Waals surface area (Å²) in [4.78, 5) is 9.98. The van der Waals surface area contributed by atoms with Gasteiger partial charge in [0.2, 0.25) is 5.72 Å². The number of nitrogens with zero attached hydrogens (tertiary/aromatic N) is 3. The Bertz CT molecular complexity index is 1320. The summed E-state index contributed by atoms with van der Waals surface area (Å²) < 4.78 is 7.14. The maximum absolute atomic E-state index is 7.14. The lowest BCUT2D eigenvalue weighted by molar-refractivity contribution is 0.0812. The lowest BCUT2D eigenvalue weighted by Gasteiger charge is -2.46. The predicted molar refractivity (Wildman–Crippen MR) is 132 cm³/mol. The Morgan fingerprint density at radius 2 is 1.72 bits per heavy atom. The van der Waals surface area contributed by atoms with Gasteiger partial charge in [-0.25, -0.2) is 0 Å². The molecule has 0 saturated heterocycles. The first-order valence-corrected chi connectivity index (χ1v) is 11.9. The Morgan fingerprint density at radius 3 is 2.53 bits per heavy atom. The first-order valence-electron chi connectivity index (χ1n) is 11.9. The Labute approximate surface area is 189 Å². The van der Waals surface area contributed by atoms with Crippen molar-refractivity contribution in [2.75, 3.05) is 29.9 Å². The molecule has 0 radical (unpaired) electrons. The molecule has 0 amide bonds. The van der Waals surface area contributed by atoms with Crippen molar-refractivity contribution in [1.82, 2.24) is 0 Å². The van der Waals surface area contributed by atoms with Gasteiger partial charge in [-0.05, 0) is 79.6 Å². The SMILES string of the molecule is CN1c2cc3ccccc3cc2C(C)(C)C12C=Nc1cc3c4c(c1O2)CCCN4CCC3. The highest BCUT2D eigenvalue weighted by atomic mass is 16.5. The van der Waals surface area contributed by atoms with Gasteiger partial charge in [0.05, 0.1) is 11.6 Å². The second kappa shape index (κ2) is 6.06. The minimum atomic E-state index is -0.638. The van der Waals surface area contributed by atoms with Crippen molar-refractivity contribution in [1.29, 1.82) is 0 Å². The monoisotopic (exact) mass is 423 g/mol. The predicted octanol–water partition coefficient (Wildman–Crippen LogP) is 5.76. The molecular weight excluding hydrogens is 394 g/mol. The lowest BCUT2D eigenvalue weighted by atomic mass is 9.77. The van der Waals surface area contributed by atoms with Crippen LogP contribution in [0.4, 0.5) is 17.1 Å². The second-order valence-corrected chi connectivity index (χ2v) is 10.4. The topological polar surface area (TPSA) is 28.1 Å². The van der Waals surface area contributed by atoms with Gasteiger partial charge in [0, 0.05) is 37.1 Å². The second-order valence-electron chi connectivity index (χ2n) is 10.4. The molecule has 1 unspecified atom stereocenters. The number of anilines is 2. The largest absolute Gasteiger partial charge is 0.459 e. The zero-order valence-electron chi connectivity index (χ0n) is 19.1. The third-order valence-electron chi connectivity index (χ3n) is 8.38. The van der Waals surface area contributed by atoms with Crippen LogP contribution in [-0.2, 0) is 18.3 Å². The fourth-order valence-corrected chi connectivity index (χ4v) is 6.60. The molecule has 0 saturated carbocycles. The Balaban J connectivity index is 1.42. The van der Waals surface area contributed by atoms with E-state index in [0.717, 1.165) is 37.4 Å². The molecular formula is C28H29N3O. The van der Waals surface area contributed by atoms with E-state index in [1.54, 1.807) is 0 Å². The number of aryl methyl sites for hydroxylation is 1. The number of aliphatic imine (C=N–C) groups is 1. The molecule has 162 valence electrons. The van der Waals surface area contributed by atoms with Crippen molar-refractivity contribution in [2.24, 2.45) is 4.99 Å². The molecule has 4 aliphatic heterocycles. The van der Waals surface area contributed by atoms with Crippen molar-refractivity contribution in [2.45, 2.75) is 50.7 Å². The molecule has 1 spiro atoms. The Morgan fingerprint density at radius 1 is 0.969 bits per heavy atom.